The predicted molar refractivity (Wildman–Crippen MR) is 141 cm³/mol. The first-order valence-corrected chi connectivity index (χ1v) is 13.1. The molecule has 8 nitrogen and oxygen atoms in total. The first kappa shape index (κ1) is 25.1. The third kappa shape index (κ3) is 6.24. The Morgan fingerprint density at radius 1 is 1.11 bits per heavy atom. The van der Waals surface area contributed by atoms with Crippen molar-refractivity contribution in [1.82, 2.24) is 20.3 Å². The third-order valence-electron chi connectivity index (χ3n) is 5.58. The molecule has 0 saturated heterocycles. The van der Waals surface area contributed by atoms with Gasteiger partial charge in [0.25, 0.3) is 0 Å². The summed E-state index contributed by atoms with van der Waals surface area (Å²) in [5.74, 6) is 0.777. The van der Waals surface area contributed by atoms with E-state index >= 15 is 0 Å². The van der Waals surface area contributed by atoms with E-state index in [1.54, 1.807) is 23.9 Å². The quantitative estimate of drug-likeness (QED) is 0.233. The summed E-state index contributed by atoms with van der Waals surface area (Å²) in [4.78, 5) is 27.4. The van der Waals surface area contributed by atoms with Crippen LogP contribution in [0.15, 0.2) is 48.9 Å². The van der Waals surface area contributed by atoms with Gasteiger partial charge in [0.05, 0.1) is 15.8 Å². The van der Waals surface area contributed by atoms with Gasteiger partial charge >= 0.3 is 12.2 Å². The summed E-state index contributed by atoms with van der Waals surface area (Å²) in [5.41, 5.74) is 1.44. The Morgan fingerprint density at radius 3 is 2.81 bits per heavy atom. The van der Waals surface area contributed by atoms with Crippen LogP contribution in [0.25, 0.3) is 15.8 Å². The second-order valence-corrected chi connectivity index (χ2v) is 10.4. The minimum Gasteiger partial charge on any atom is -0.368 e. The Kier molecular flexibility index (Phi) is 7.35. The molecule has 0 fully saturated rings. The van der Waals surface area contributed by atoms with Crippen LogP contribution in [0.1, 0.15) is 21.7 Å². The third-order valence-corrected chi connectivity index (χ3v) is 7.76. The number of aromatic nitrogens is 3. The number of alkyl halides is 3. The van der Waals surface area contributed by atoms with Crippen LogP contribution in [0, 0.1) is 0 Å². The molecule has 0 aliphatic carbocycles. The maximum atomic E-state index is 12.9. The zero-order valence-electron chi connectivity index (χ0n) is 19.4. The lowest BCUT2D eigenvalue weighted by Crippen LogP contribution is -2.19. The molecule has 192 valence electrons. The second kappa shape index (κ2) is 10.8. The van der Waals surface area contributed by atoms with Crippen LogP contribution in [-0.2, 0) is 12.6 Å². The molecule has 3 aromatic heterocycles. The number of thiophene rings is 1. The molecule has 13 heteroatoms. The van der Waals surface area contributed by atoms with Gasteiger partial charge in [0, 0.05) is 41.1 Å². The number of thiazole rings is 1. The fourth-order valence-corrected chi connectivity index (χ4v) is 5.75. The number of hydrogen-bond acceptors (Lipinski definition) is 8. The molecule has 1 aliphatic rings. The summed E-state index contributed by atoms with van der Waals surface area (Å²) in [6.45, 7) is 2.44. The number of benzene rings is 1. The Labute approximate surface area is 218 Å². The summed E-state index contributed by atoms with van der Waals surface area (Å²) in [6.07, 6.45) is 2.58. The predicted octanol–water partition coefficient (Wildman–Crippen LogP) is 5.84. The Balaban J connectivity index is 1.16. The summed E-state index contributed by atoms with van der Waals surface area (Å²) in [6, 6.07) is 5.88. The molecule has 4 heterocycles. The zero-order valence-corrected chi connectivity index (χ0v) is 21.0. The zero-order chi connectivity index (χ0) is 25.8. The summed E-state index contributed by atoms with van der Waals surface area (Å²) >= 11 is 2.97. The highest BCUT2D eigenvalue weighted by atomic mass is 32.1. The highest BCUT2D eigenvalue weighted by Gasteiger charge is 2.30. The van der Waals surface area contributed by atoms with E-state index in [1.807, 2.05) is 0 Å². The van der Waals surface area contributed by atoms with Crippen molar-refractivity contribution in [3.8, 4) is 0 Å². The van der Waals surface area contributed by atoms with Crippen molar-refractivity contribution in [1.29, 1.82) is 0 Å². The number of rotatable bonds is 7. The van der Waals surface area contributed by atoms with Gasteiger partial charge in [0.2, 0.25) is 0 Å². The van der Waals surface area contributed by atoms with Gasteiger partial charge in [-0.25, -0.2) is 19.7 Å². The average molecular weight is 546 g/mol. The molecule has 0 saturated carbocycles. The molecule has 0 spiro atoms. The topological polar surface area (TPSA) is 104 Å². The van der Waals surface area contributed by atoms with Crippen LogP contribution in [0.4, 0.5) is 34.6 Å². The molecular weight excluding hydrogens is 523 g/mol. The van der Waals surface area contributed by atoms with Gasteiger partial charge < -0.3 is 16.0 Å². The normalized spacial score (nSPS) is 13.9. The number of carbonyl (C=O) groups is 1. The van der Waals surface area contributed by atoms with Gasteiger partial charge in [0.15, 0.2) is 5.13 Å². The summed E-state index contributed by atoms with van der Waals surface area (Å²) < 4.78 is 39.6. The molecule has 37 heavy (non-hydrogen) atoms. The molecule has 4 N–H and O–H groups in total. The second-order valence-electron chi connectivity index (χ2n) is 8.20. The van der Waals surface area contributed by atoms with Crippen LogP contribution >= 0.6 is 22.7 Å². The number of nitrogens with zero attached hydrogens (tertiary/aromatic N) is 3. The Bertz CT molecular complexity index is 1450. The molecule has 0 unspecified atom stereocenters. The SMILES string of the molecule is O=C(Nc1cccc(C(F)(F)F)c1)Nc1ncc(CCNc2ncnc3cc(C4=CCNCC4)sc23)s1. The highest BCUT2D eigenvalue weighted by molar-refractivity contribution is 7.20. The van der Waals surface area contributed by atoms with Crippen molar-refractivity contribution in [3.05, 3.63) is 64.2 Å². The van der Waals surface area contributed by atoms with E-state index < -0.39 is 17.8 Å². The van der Waals surface area contributed by atoms with Crippen LogP contribution in [0.3, 0.4) is 0 Å². The van der Waals surface area contributed by atoms with Gasteiger partial charge in [0.1, 0.15) is 12.1 Å². The summed E-state index contributed by atoms with van der Waals surface area (Å²) in [5, 5.41) is 12.0. The fourth-order valence-electron chi connectivity index (χ4n) is 3.80. The minimum absolute atomic E-state index is 0.0395. The lowest BCUT2D eigenvalue weighted by molar-refractivity contribution is -0.137. The molecule has 4 aromatic rings. The molecular formula is C24H22F3N7OS2. The van der Waals surface area contributed by atoms with Crippen LogP contribution < -0.4 is 21.3 Å². The number of urea groups is 1. The van der Waals surface area contributed by atoms with Crippen LogP contribution in [-0.4, -0.2) is 40.6 Å². The van der Waals surface area contributed by atoms with Gasteiger partial charge in [-0.05, 0) is 42.8 Å². The first-order valence-electron chi connectivity index (χ1n) is 11.4. The van der Waals surface area contributed by atoms with Crippen molar-refractivity contribution < 1.29 is 18.0 Å². The molecule has 1 aromatic carbocycles. The fraction of sp³-hybridized carbons (Fsp3) is 0.250. The maximum absolute atomic E-state index is 12.9. The lowest BCUT2D eigenvalue weighted by atomic mass is 10.1. The van der Waals surface area contributed by atoms with E-state index in [-0.39, 0.29) is 5.69 Å². The molecule has 2 amide bonds. The van der Waals surface area contributed by atoms with Gasteiger partial charge in [-0.15, -0.1) is 22.7 Å². The van der Waals surface area contributed by atoms with E-state index in [4.69, 9.17) is 0 Å². The van der Waals surface area contributed by atoms with E-state index in [9.17, 15) is 18.0 Å². The van der Waals surface area contributed by atoms with Gasteiger partial charge in [-0.1, -0.05) is 12.1 Å². The number of amides is 2. The standard InChI is InChI=1S/C24H22F3N7OS2/c25-24(26,27)15-2-1-3-16(10-15)33-22(35)34-23-30-12-17(36-23)6-9-29-21-20-18(31-13-32-21)11-19(37-20)14-4-7-28-8-5-14/h1-4,10-13,28H,5-9H2,(H,29,31,32)(H2,30,33,34,35). The van der Waals surface area contributed by atoms with Crippen molar-refractivity contribution in [2.24, 2.45) is 0 Å². The van der Waals surface area contributed by atoms with Crippen LogP contribution in [0.2, 0.25) is 0 Å². The number of anilines is 3. The van der Waals surface area contributed by atoms with E-state index in [1.165, 1.54) is 33.9 Å². The highest BCUT2D eigenvalue weighted by Crippen LogP contribution is 2.35. The number of hydrogen-bond donors (Lipinski definition) is 4. The smallest absolute Gasteiger partial charge is 0.368 e. The van der Waals surface area contributed by atoms with Crippen molar-refractivity contribution in [2.75, 3.05) is 35.6 Å². The Morgan fingerprint density at radius 2 is 2.00 bits per heavy atom. The van der Waals surface area contributed by atoms with Crippen LogP contribution in [0.5, 0.6) is 0 Å². The molecule has 0 radical (unpaired) electrons. The first-order chi connectivity index (χ1) is 17.8. The van der Waals surface area contributed by atoms with Gasteiger partial charge in [-0.3, -0.25) is 5.32 Å². The number of fused-ring (bicyclic) bond motifs is 1. The number of nitrogens with one attached hydrogen (secondary N) is 4. The van der Waals surface area contributed by atoms with Gasteiger partial charge in [-0.2, -0.15) is 13.2 Å². The largest absolute Gasteiger partial charge is 0.416 e. The van der Waals surface area contributed by atoms with E-state index in [0.29, 0.717) is 18.1 Å². The molecule has 5 rings (SSSR count). The summed E-state index contributed by atoms with van der Waals surface area (Å²) in [7, 11) is 0. The van der Waals surface area contributed by atoms with E-state index in [2.05, 4.69) is 48.4 Å². The molecule has 0 bridgehead atoms. The molecule has 0 atom stereocenters. The van der Waals surface area contributed by atoms with Crippen molar-refractivity contribution >= 4 is 61.1 Å². The van der Waals surface area contributed by atoms with Crippen molar-refractivity contribution in [3.63, 3.8) is 0 Å². The molecule has 1 aliphatic heterocycles. The van der Waals surface area contributed by atoms with Crippen molar-refractivity contribution in [2.45, 2.75) is 19.0 Å². The number of halogens is 3. The lowest BCUT2D eigenvalue weighted by Gasteiger charge is -2.11. The van der Waals surface area contributed by atoms with E-state index in [0.717, 1.165) is 52.6 Å². The number of carbonyl (C=O) groups excluding carboxylic acids is 1. The monoisotopic (exact) mass is 545 g/mol. The average Bonchev–Trinajstić information content (AvgIpc) is 3.51. The minimum atomic E-state index is -4.49. The Hall–Kier alpha value is -3.55. The maximum Gasteiger partial charge on any atom is 0.416 e.